The van der Waals surface area contributed by atoms with Crippen LogP contribution in [0, 0.1) is 0 Å². The minimum absolute atomic E-state index is 0.754. The third-order valence-corrected chi connectivity index (χ3v) is 6.13. The highest BCUT2D eigenvalue weighted by Gasteiger charge is 2.18. The lowest BCUT2D eigenvalue weighted by molar-refractivity contribution is 0.163. The van der Waals surface area contributed by atoms with Gasteiger partial charge >= 0.3 is 0 Å². The van der Waals surface area contributed by atoms with Crippen LogP contribution in [0.2, 0.25) is 0 Å². The van der Waals surface area contributed by atoms with Crippen molar-refractivity contribution in [1.29, 1.82) is 0 Å². The average Bonchev–Trinajstić information content (AvgIpc) is 3.16. The molecule has 2 heterocycles. The summed E-state index contributed by atoms with van der Waals surface area (Å²) >= 11 is 1.91. The van der Waals surface area contributed by atoms with Gasteiger partial charge in [0.25, 0.3) is 0 Å². The van der Waals surface area contributed by atoms with Crippen molar-refractivity contribution in [3.05, 3.63) is 16.1 Å². The highest BCUT2D eigenvalue weighted by atomic mass is 32.1. The van der Waals surface area contributed by atoms with Gasteiger partial charge in [-0.05, 0) is 39.2 Å². The molecular weight excluding hydrogens is 278 g/mol. The van der Waals surface area contributed by atoms with Crippen molar-refractivity contribution in [1.82, 2.24) is 15.2 Å². The molecule has 1 N–H and O–H groups in total. The number of hydrogen-bond donors (Lipinski definition) is 1. The van der Waals surface area contributed by atoms with E-state index in [1.54, 1.807) is 0 Å². The molecule has 2 fully saturated rings. The minimum Gasteiger partial charge on any atom is -0.309 e. The fourth-order valence-electron chi connectivity index (χ4n) is 3.65. The van der Waals surface area contributed by atoms with E-state index in [-0.39, 0.29) is 0 Å². The van der Waals surface area contributed by atoms with Crippen LogP contribution >= 0.6 is 11.3 Å². The molecule has 4 heteroatoms. The summed E-state index contributed by atoms with van der Waals surface area (Å²) in [5.41, 5.74) is 0. The summed E-state index contributed by atoms with van der Waals surface area (Å²) in [7, 11) is 0. The van der Waals surface area contributed by atoms with Gasteiger partial charge in [0.15, 0.2) is 0 Å². The predicted octanol–water partition coefficient (Wildman–Crippen LogP) is 3.59. The summed E-state index contributed by atoms with van der Waals surface area (Å²) in [6.45, 7) is 5.85. The molecule has 0 bridgehead atoms. The molecule has 2 aliphatic rings. The third-order valence-electron chi connectivity index (χ3n) is 5.08. The summed E-state index contributed by atoms with van der Waals surface area (Å²) in [5, 5.41) is 5.00. The summed E-state index contributed by atoms with van der Waals surface area (Å²) in [5.74, 6) is 0. The largest absolute Gasteiger partial charge is 0.309 e. The smallest absolute Gasteiger partial charge is 0.0940 e. The Bertz CT molecular complexity index is 425. The maximum absolute atomic E-state index is 4.62. The maximum atomic E-state index is 4.62. The summed E-state index contributed by atoms with van der Waals surface area (Å²) in [6.07, 6.45) is 12.9. The van der Waals surface area contributed by atoms with E-state index < -0.39 is 0 Å². The molecule has 3 nitrogen and oxygen atoms in total. The van der Waals surface area contributed by atoms with Crippen molar-refractivity contribution in [2.45, 2.75) is 76.9 Å². The van der Waals surface area contributed by atoms with E-state index in [1.807, 2.05) is 11.3 Å². The number of hydrogen-bond acceptors (Lipinski definition) is 4. The molecule has 1 aromatic heterocycles. The van der Waals surface area contributed by atoms with Gasteiger partial charge in [0, 0.05) is 42.7 Å². The van der Waals surface area contributed by atoms with Crippen LogP contribution in [0.5, 0.6) is 0 Å². The van der Waals surface area contributed by atoms with Crippen LogP contribution < -0.4 is 5.32 Å². The molecule has 1 aliphatic heterocycles. The number of nitrogens with one attached hydrogen (secondary N) is 1. The number of likely N-dealkylation sites (tertiary alicyclic amines) is 1. The second-order valence-electron chi connectivity index (χ2n) is 6.71. The molecule has 1 saturated heterocycles. The van der Waals surface area contributed by atoms with Gasteiger partial charge in [-0.15, -0.1) is 11.3 Å². The zero-order valence-corrected chi connectivity index (χ0v) is 14.1. The Morgan fingerprint density at radius 3 is 2.86 bits per heavy atom. The lowest BCUT2D eigenvalue weighted by Gasteiger charge is -2.32. The van der Waals surface area contributed by atoms with Crippen LogP contribution in [-0.2, 0) is 13.0 Å². The molecule has 0 spiro atoms. The highest BCUT2D eigenvalue weighted by Crippen LogP contribution is 2.21. The zero-order chi connectivity index (χ0) is 14.5. The molecular formula is C17H29N3S. The van der Waals surface area contributed by atoms with E-state index in [4.69, 9.17) is 0 Å². The van der Waals surface area contributed by atoms with Gasteiger partial charge in [-0.2, -0.15) is 0 Å². The van der Waals surface area contributed by atoms with Crippen molar-refractivity contribution in [2.24, 2.45) is 0 Å². The molecule has 21 heavy (non-hydrogen) atoms. The fourth-order valence-corrected chi connectivity index (χ4v) is 4.51. The number of aromatic nitrogens is 1. The Kier molecular flexibility index (Phi) is 5.67. The van der Waals surface area contributed by atoms with Gasteiger partial charge in [0.1, 0.15) is 0 Å². The molecule has 1 saturated carbocycles. The molecule has 118 valence electrons. The van der Waals surface area contributed by atoms with Crippen molar-refractivity contribution < 1.29 is 0 Å². The topological polar surface area (TPSA) is 28.2 Å². The summed E-state index contributed by atoms with van der Waals surface area (Å²) in [6, 6.07) is 1.52. The molecule has 1 unspecified atom stereocenters. The molecule has 0 aromatic carbocycles. The molecule has 1 aromatic rings. The second-order valence-corrected chi connectivity index (χ2v) is 7.91. The van der Waals surface area contributed by atoms with Gasteiger partial charge in [-0.25, -0.2) is 4.98 Å². The monoisotopic (exact) mass is 307 g/mol. The highest BCUT2D eigenvalue weighted by molar-refractivity contribution is 7.11. The lowest BCUT2D eigenvalue weighted by atomic mass is 10.0. The number of nitrogens with zero attached hydrogens (tertiary/aromatic N) is 2. The quantitative estimate of drug-likeness (QED) is 0.870. The van der Waals surface area contributed by atoms with Gasteiger partial charge in [-0.1, -0.05) is 19.3 Å². The lowest BCUT2D eigenvalue weighted by Crippen LogP contribution is -2.38. The van der Waals surface area contributed by atoms with Crippen molar-refractivity contribution in [2.75, 3.05) is 13.1 Å². The Balaban J connectivity index is 1.41. The third kappa shape index (κ3) is 4.51. The van der Waals surface area contributed by atoms with E-state index in [0.717, 1.165) is 25.0 Å². The molecule has 1 atom stereocenters. The van der Waals surface area contributed by atoms with Crippen LogP contribution in [0.4, 0.5) is 0 Å². The van der Waals surface area contributed by atoms with Crippen molar-refractivity contribution in [3.8, 4) is 0 Å². The Morgan fingerprint density at radius 2 is 2.05 bits per heavy atom. The van der Waals surface area contributed by atoms with Crippen LogP contribution in [0.25, 0.3) is 0 Å². The Labute approximate surface area is 133 Å². The predicted molar refractivity (Wildman–Crippen MR) is 89.8 cm³/mol. The van der Waals surface area contributed by atoms with Crippen LogP contribution in [0.1, 0.15) is 61.8 Å². The second kappa shape index (κ2) is 7.70. The number of rotatable bonds is 6. The van der Waals surface area contributed by atoms with Crippen molar-refractivity contribution in [3.63, 3.8) is 0 Å². The average molecular weight is 308 g/mol. The SMILES string of the molecule is CC1CCCCN1CCc1ncc(CNC2CCCC2)s1. The normalized spacial score (nSPS) is 24.7. The van der Waals surface area contributed by atoms with Crippen molar-refractivity contribution >= 4 is 11.3 Å². The first-order chi connectivity index (χ1) is 10.3. The number of piperidine rings is 1. The van der Waals surface area contributed by atoms with Gasteiger partial charge in [-0.3, -0.25) is 0 Å². The van der Waals surface area contributed by atoms with Crippen LogP contribution in [-0.4, -0.2) is 35.1 Å². The van der Waals surface area contributed by atoms with Crippen LogP contribution in [0.15, 0.2) is 6.20 Å². The summed E-state index contributed by atoms with van der Waals surface area (Å²) < 4.78 is 0. The molecule has 1 aliphatic carbocycles. The van der Waals surface area contributed by atoms with Gasteiger partial charge in [0.2, 0.25) is 0 Å². The number of thiazole rings is 1. The summed E-state index contributed by atoms with van der Waals surface area (Å²) in [4.78, 5) is 8.67. The Morgan fingerprint density at radius 1 is 1.24 bits per heavy atom. The standard InChI is InChI=1S/C17H29N3S/c1-14-6-4-5-10-20(14)11-9-17-19-13-16(21-17)12-18-15-7-2-3-8-15/h13-15,18H,2-12H2,1H3. The van der Waals surface area contributed by atoms with Gasteiger partial charge < -0.3 is 10.2 Å². The fraction of sp³-hybridized carbons (Fsp3) is 0.824. The van der Waals surface area contributed by atoms with Gasteiger partial charge in [0.05, 0.1) is 5.01 Å². The minimum atomic E-state index is 0.754. The van der Waals surface area contributed by atoms with E-state index in [1.165, 1.54) is 67.9 Å². The van der Waals surface area contributed by atoms with E-state index in [0.29, 0.717) is 0 Å². The van der Waals surface area contributed by atoms with Crippen LogP contribution in [0.3, 0.4) is 0 Å². The molecule has 3 rings (SSSR count). The van der Waals surface area contributed by atoms with E-state index in [9.17, 15) is 0 Å². The Hall–Kier alpha value is -0.450. The first kappa shape index (κ1) is 15.4. The first-order valence-corrected chi connectivity index (χ1v) is 9.54. The molecule has 0 radical (unpaired) electrons. The zero-order valence-electron chi connectivity index (χ0n) is 13.3. The van der Waals surface area contributed by atoms with E-state index in [2.05, 4.69) is 28.3 Å². The maximum Gasteiger partial charge on any atom is 0.0940 e. The first-order valence-electron chi connectivity index (χ1n) is 8.72. The van der Waals surface area contributed by atoms with E-state index >= 15 is 0 Å². The molecule has 0 amide bonds.